The van der Waals surface area contributed by atoms with Gasteiger partial charge in [0.25, 0.3) is 5.91 Å². The number of carbonyl (C=O) groups excluding carboxylic acids is 1. The molecule has 2 aromatic rings. The lowest BCUT2D eigenvalue weighted by molar-refractivity contribution is -0.178. The Labute approximate surface area is 170 Å². The van der Waals surface area contributed by atoms with Gasteiger partial charge < -0.3 is 19.6 Å². The van der Waals surface area contributed by atoms with Gasteiger partial charge in [-0.25, -0.2) is 0 Å². The molecule has 0 radical (unpaired) electrons. The van der Waals surface area contributed by atoms with Crippen LogP contribution in [0.3, 0.4) is 0 Å². The highest BCUT2D eigenvalue weighted by Gasteiger charge is 2.50. The summed E-state index contributed by atoms with van der Waals surface area (Å²) in [5, 5.41) is 21.6. The van der Waals surface area contributed by atoms with Gasteiger partial charge in [-0.3, -0.25) is 9.69 Å². The Morgan fingerprint density at radius 2 is 2.00 bits per heavy atom. The number of rotatable bonds is 4. The average molecular weight is 400 g/mol. The smallest absolute Gasteiger partial charge is 0.251 e. The zero-order valence-corrected chi connectivity index (χ0v) is 16.9. The number of ether oxygens (including phenoxy) is 1. The molecule has 1 aromatic carbocycles. The highest BCUT2D eigenvalue weighted by Crippen LogP contribution is 2.40. The summed E-state index contributed by atoms with van der Waals surface area (Å²) in [5.41, 5.74) is -0.498. The maximum Gasteiger partial charge on any atom is 0.251 e. The van der Waals surface area contributed by atoms with Crippen LogP contribution >= 0.6 is 0 Å². The molecule has 29 heavy (non-hydrogen) atoms. The van der Waals surface area contributed by atoms with Gasteiger partial charge in [0.05, 0.1) is 24.3 Å². The predicted octanol–water partition coefficient (Wildman–Crippen LogP) is 1.68. The van der Waals surface area contributed by atoms with Gasteiger partial charge in [0.15, 0.2) is 0 Å². The lowest BCUT2D eigenvalue weighted by Crippen LogP contribution is -2.65. The Morgan fingerprint density at radius 1 is 1.28 bits per heavy atom. The highest BCUT2D eigenvalue weighted by atomic mass is 16.5. The van der Waals surface area contributed by atoms with Crippen LogP contribution in [0.2, 0.25) is 0 Å². The van der Waals surface area contributed by atoms with E-state index in [4.69, 9.17) is 9.15 Å². The molecular weight excluding hydrogens is 372 g/mol. The van der Waals surface area contributed by atoms with Crippen molar-refractivity contribution in [3.63, 3.8) is 0 Å². The Morgan fingerprint density at radius 3 is 2.66 bits per heavy atom. The van der Waals surface area contributed by atoms with Crippen LogP contribution in [0.15, 0.2) is 34.7 Å². The van der Waals surface area contributed by atoms with E-state index in [9.17, 15) is 9.90 Å². The minimum atomic E-state index is -0.750. The number of aryl methyl sites for hydroxylation is 1. The molecule has 2 aliphatic rings. The monoisotopic (exact) mass is 400 g/mol. The molecule has 156 valence electrons. The summed E-state index contributed by atoms with van der Waals surface area (Å²) in [7, 11) is 0. The molecule has 0 unspecified atom stereocenters. The quantitative estimate of drug-likeness (QED) is 0.805. The fourth-order valence-corrected chi connectivity index (χ4v) is 4.36. The third kappa shape index (κ3) is 4.34. The van der Waals surface area contributed by atoms with Gasteiger partial charge in [-0.15, -0.1) is 10.2 Å². The Balaban J connectivity index is 1.40. The maximum atomic E-state index is 12.7. The molecule has 8 nitrogen and oxygen atoms in total. The summed E-state index contributed by atoms with van der Waals surface area (Å²) < 4.78 is 11.6. The molecule has 4 rings (SSSR count). The van der Waals surface area contributed by atoms with Crippen molar-refractivity contribution >= 4 is 5.91 Å². The molecule has 3 heterocycles. The van der Waals surface area contributed by atoms with Crippen LogP contribution in [0.25, 0.3) is 0 Å². The molecule has 2 atom stereocenters. The first-order valence-electron chi connectivity index (χ1n) is 10.1. The number of carbonyl (C=O) groups is 1. The van der Waals surface area contributed by atoms with Gasteiger partial charge in [0.2, 0.25) is 11.8 Å². The van der Waals surface area contributed by atoms with Gasteiger partial charge in [0, 0.05) is 32.0 Å². The van der Waals surface area contributed by atoms with Gasteiger partial charge in [-0.2, -0.15) is 0 Å². The Bertz CT molecular complexity index is 847. The van der Waals surface area contributed by atoms with Crippen molar-refractivity contribution in [3.8, 4) is 0 Å². The van der Waals surface area contributed by atoms with Crippen LogP contribution in [-0.2, 0) is 11.3 Å². The van der Waals surface area contributed by atoms with Crippen molar-refractivity contribution in [3.05, 3.63) is 47.7 Å². The Hall–Kier alpha value is -2.29. The summed E-state index contributed by atoms with van der Waals surface area (Å²) in [6.07, 6.45) is 1.47. The lowest BCUT2D eigenvalue weighted by atomic mass is 9.74. The number of aliphatic hydroxyl groups is 1. The van der Waals surface area contributed by atoms with E-state index in [1.165, 1.54) is 0 Å². The Kier molecular flexibility index (Phi) is 5.42. The highest BCUT2D eigenvalue weighted by molar-refractivity contribution is 5.94. The van der Waals surface area contributed by atoms with E-state index < -0.39 is 11.6 Å². The summed E-state index contributed by atoms with van der Waals surface area (Å²) in [6, 6.07) is 9.09. The zero-order chi connectivity index (χ0) is 20.5. The van der Waals surface area contributed by atoms with Crippen molar-refractivity contribution in [2.75, 3.05) is 19.7 Å². The molecule has 2 N–H and O–H groups in total. The number of nitrogens with one attached hydrogen (secondary N) is 1. The van der Waals surface area contributed by atoms with Gasteiger partial charge in [-0.05, 0) is 31.9 Å². The SMILES string of the molecule is Cc1nnc(CN2CCC3(CC2)C[C@@](C)(NC(=O)c2ccccc2)[C@H](O)CO3)o1. The topological polar surface area (TPSA) is 101 Å². The van der Waals surface area contributed by atoms with Crippen molar-refractivity contribution < 1.29 is 19.1 Å². The molecule has 0 bridgehead atoms. The lowest BCUT2D eigenvalue weighted by Gasteiger charge is -2.51. The first-order valence-corrected chi connectivity index (χ1v) is 10.1. The van der Waals surface area contributed by atoms with Crippen LogP contribution < -0.4 is 5.32 Å². The minimum Gasteiger partial charge on any atom is -0.424 e. The number of aliphatic hydroxyl groups excluding tert-OH is 1. The summed E-state index contributed by atoms with van der Waals surface area (Å²) in [6.45, 7) is 6.21. The second-order valence-electron chi connectivity index (χ2n) is 8.42. The van der Waals surface area contributed by atoms with E-state index in [0.717, 1.165) is 25.9 Å². The van der Waals surface area contributed by atoms with Crippen molar-refractivity contribution in [2.45, 2.75) is 56.9 Å². The normalized spacial score (nSPS) is 27.1. The van der Waals surface area contributed by atoms with Crippen molar-refractivity contribution in [1.82, 2.24) is 20.4 Å². The first kappa shape index (κ1) is 20.0. The molecule has 0 saturated carbocycles. The second-order valence-corrected chi connectivity index (χ2v) is 8.42. The second kappa shape index (κ2) is 7.85. The number of amides is 1. The molecule has 1 aromatic heterocycles. The fourth-order valence-electron chi connectivity index (χ4n) is 4.36. The number of likely N-dealkylation sites (tertiary alicyclic amines) is 1. The first-order chi connectivity index (χ1) is 13.9. The van der Waals surface area contributed by atoms with E-state index in [1.807, 2.05) is 25.1 Å². The van der Waals surface area contributed by atoms with Gasteiger partial charge >= 0.3 is 0 Å². The molecule has 2 fully saturated rings. The zero-order valence-electron chi connectivity index (χ0n) is 16.9. The van der Waals surface area contributed by atoms with E-state index in [-0.39, 0.29) is 18.1 Å². The molecule has 1 amide bonds. The predicted molar refractivity (Wildman–Crippen MR) is 105 cm³/mol. The number of aromatic nitrogens is 2. The van der Waals surface area contributed by atoms with E-state index in [0.29, 0.717) is 30.3 Å². The van der Waals surface area contributed by atoms with Gasteiger partial charge in [-0.1, -0.05) is 18.2 Å². The van der Waals surface area contributed by atoms with Crippen LogP contribution in [-0.4, -0.2) is 63.1 Å². The fraction of sp³-hybridized carbons (Fsp3) is 0.571. The molecular formula is C21H28N4O4. The van der Waals surface area contributed by atoms with E-state index in [1.54, 1.807) is 19.1 Å². The number of nitrogens with zero attached hydrogens (tertiary/aromatic N) is 3. The van der Waals surface area contributed by atoms with E-state index >= 15 is 0 Å². The molecule has 8 heteroatoms. The third-order valence-electron chi connectivity index (χ3n) is 6.10. The number of hydrogen-bond acceptors (Lipinski definition) is 7. The number of piperidine rings is 1. The summed E-state index contributed by atoms with van der Waals surface area (Å²) in [4.78, 5) is 15.0. The largest absolute Gasteiger partial charge is 0.424 e. The maximum absolute atomic E-state index is 12.7. The standard InChI is InChI=1S/C21H28N4O4/c1-15-23-24-18(29-15)12-25-10-8-21(9-11-25)14-20(2,17(26)13-28-21)22-19(27)16-6-4-3-5-7-16/h3-7,17,26H,8-14H2,1-2H3,(H,22,27)/t17-,20-/m1/s1. The van der Waals surface area contributed by atoms with Crippen molar-refractivity contribution in [2.24, 2.45) is 0 Å². The van der Waals surface area contributed by atoms with Crippen LogP contribution in [0.5, 0.6) is 0 Å². The number of benzene rings is 1. The average Bonchev–Trinajstić information content (AvgIpc) is 3.12. The minimum absolute atomic E-state index is 0.173. The summed E-state index contributed by atoms with van der Waals surface area (Å²) >= 11 is 0. The molecule has 2 aliphatic heterocycles. The molecule has 2 saturated heterocycles. The molecule has 0 aliphatic carbocycles. The molecule has 1 spiro atoms. The van der Waals surface area contributed by atoms with Crippen LogP contribution in [0.4, 0.5) is 0 Å². The van der Waals surface area contributed by atoms with Crippen molar-refractivity contribution in [1.29, 1.82) is 0 Å². The van der Waals surface area contributed by atoms with Crippen LogP contribution in [0.1, 0.15) is 48.3 Å². The summed E-state index contributed by atoms with van der Waals surface area (Å²) in [5.74, 6) is 1.02. The number of hydrogen-bond donors (Lipinski definition) is 2. The van der Waals surface area contributed by atoms with Crippen LogP contribution in [0, 0.1) is 6.92 Å². The van der Waals surface area contributed by atoms with Gasteiger partial charge in [0.1, 0.15) is 6.10 Å². The third-order valence-corrected chi connectivity index (χ3v) is 6.10. The van der Waals surface area contributed by atoms with E-state index in [2.05, 4.69) is 20.4 Å².